The maximum absolute atomic E-state index is 13.2. The molecule has 0 aliphatic carbocycles. The second kappa shape index (κ2) is 5.35. The van der Waals surface area contributed by atoms with Gasteiger partial charge in [0.1, 0.15) is 0 Å². The van der Waals surface area contributed by atoms with Gasteiger partial charge in [0.2, 0.25) is 0 Å². The van der Waals surface area contributed by atoms with Crippen LogP contribution in [-0.4, -0.2) is 17.4 Å². The second-order valence-corrected chi connectivity index (χ2v) is 7.85. The highest BCUT2D eigenvalue weighted by Gasteiger charge is 2.26. The van der Waals surface area contributed by atoms with E-state index in [-0.39, 0.29) is 4.90 Å². The maximum Gasteiger partial charge on any atom is 0.269 e. The predicted octanol–water partition coefficient (Wildman–Crippen LogP) is 4.16. The van der Waals surface area contributed by atoms with Gasteiger partial charge in [0.05, 0.1) is 9.92 Å². The quantitative estimate of drug-likeness (QED) is 0.698. The number of benzene rings is 1. The van der Waals surface area contributed by atoms with E-state index in [1.807, 2.05) is 13.0 Å². The summed E-state index contributed by atoms with van der Waals surface area (Å²) in [5.41, 5.74) is 3.22. The van der Waals surface area contributed by atoms with E-state index in [1.54, 1.807) is 45.0 Å². The lowest BCUT2D eigenvalue weighted by molar-refractivity contribution is 0.587. The zero-order valence-corrected chi connectivity index (χ0v) is 15.0. The van der Waals surface area contributed by atoms with Gasteiger partial charge in [-0.2, -0.15) is 0 Å². The molecule has 0 N–H and O–H groups in total. The molecule has 0 saturated heterocycles. The van der Waals surface area contributed by atoms with Crippen molar-refractivity contribution in [3.8, 4) is 0 Å². The fraction of sp³-hybridized carbons (Fsp3) is 0.235. The lowest BCUT2D eigenvalue weighted by Crippen LogP contribution is -2.16. The SMILES string of the molecule is Cc1cc(Cl)c2c(C)c(C)n(S(=O)(=O)c3ccccc3C)c2n1. The summed E-state index contributed by atoms with van der Waals surface area (Å²) in [6, 6.07) is 8.69. The third-order valence-corrected chi connectivity index (χ3v) is 6.35. The molecule has 3 aromatic rings. The van der Waals surface area contributed by atoms with Crippen molar-refractivity contribution in [3.05, 3.63) is 57.9 Å². The Morgan fingerprint density at radius 1 is 1.09 bits per heavy atom. The first-order chi connectivity index (χ1) is 10.7. The molecule has 0 radical (unpaired) electrons. The molecule has 0 atom stereocenters. The second-order valence-electron chi connectivity index (χ2n) is 5.69. The van der Waals surface area contributed by atoms with Crippen LogP contribution in [0, 0.1) is 27.7 Å². The molecule has 6 heteroatoms. The molecule has 0 saturated carbocycles. The van der Waals surface area contributed by atoms with E-state index in [1.165, 1.54) is 3.97 Å². The van der Waals surface area contributed by atoms with Crippen molar-refractivity contribution < 1.29 is 8.42 Å². The minimum atomic E-state index is -3.74. The Labute approximate surface area is 140 Å². The highest BCUT2D eigenvalue weighted by Crippen LogP contribution is 2.33. The van der Waals surface area contributed by atoms with Crippen LogP contribution in [0.1, 0.15) is 22.5 Å². The van der Waals surface area contributed by atoms with E-state index in [9.17, 15) is 8.42 Å². The first-order valence-corrected chi connectivity index (χ1v) is 9.03. The van der Waals surface area contributed by atoms with Gasteiger partial charge in [0.25, 0.3) is 10.0 Å². The van der Waals surface area contributed by atoms with Gasteiger partial charge in [-0.05, 0) is 51.0 Å². The number of halogens is 1. The number of aryl methyl sites for hydroxylation is 3. The van der Waals surface area contributed by atoms with Crippen molar-refractivity contribution in [1.29, 1.82) is 0 Å². The Balaban J connectivity index is 2.46. The van der Waals surface area contributed by atoms with Gasteiger partial charge < -0.3 is 0 Å². The van der Waals surface area contributed by atoms with Crippen molar-refractivity contribution in [3.63, 3.8) is 0 Å². The van der Waals surface area contributed by atoms with Crippen molar-refractivity contribution >= 4 is 32.7 Å². The summed E-state index contributed by atoms with van der Waals surface area (Å²) in [6.45, 7) is 7.23. The monoisotopic (exact) mass is 348 g/mol. The topological polar surface area (TPSA) is 52.0 Å². The van der Waals surface area contributed by atoms with E-state index in [0.29, 0.717) is 33.0 Å². The van der Waals surface area contributed by atoms with Crippen LogP contribution in [0.15, 0.2) is 35.2 Å². The largest absolute Gasteiger partial charge is 0.269 e. The molecule has 0 amide bonds. The summed E-state index contributed by atoms with van der Waals surface area (Å²) < 4.78 is 27.7. The van der Waals surface area contributed by atoms with Crippen LogP contribution in [0.3, 0.4) is 0 Å². The van der Waals surface area contributed by atoms with Crippen LogP contribution in [0.4, 0.5) is 0 Å². The average molecular weight is 349 g/mol. The standard InChI is InChI=1S/C17H17ClN2O2S/c1-10-7-5-6-8-15(10)23(21,22)20-13(4)12(3)16-14(18)9-11(2)19-17(16)20/h5-9H,1-4H3. The normalized spacial score (nSPS) is 12.0. The number of nitrogens with zero attached hydrogens (tertiary/aromatic N) is 2. The van der Waals surface area contributed by atoms with Crippen molar-refractivity contribution in [2.45, 2.75) is 32.6 Å². The number of hydrogen-bond donors (Lipinski definition) is 0. The van der Waals surface area contributed by atoms with E-state index >= 15 is 0 Å². The number of rotatable bonds is 2. The van der Waals surface area contributed by atoms with E-state index in [4.69, 9.17) is 11.6 Å². The summed E-state index contributed by atoms with van der Waals surface area (Å²) in [5.74, 6) is 0. The molecule has 2 aromatic heterocycles. The molecule has 0 bridgehead atoms. The molecule has 4 nitrogen and oxygen atoms in total. The molecule has 1 aromatic carbocycles. The fourth-order valence-electron chi connectivity index (χ4n) is 2.84. The minimum absolute atomic E-state index is 0.277. The number of pyridine rings is 1. The number of hydrogen-bond acceptors (Lipinski definition) is 3. The van der Waals surface area contributed by atoms with Crippen LogP contribution in [0.5, 0.6) is 0 Å². The van der Waals surface area contributed by atoms with Gasteiger partial charge in [-0.3, -0.25) is 0 Å². The zero-order chi connectivity index (χ0) is 16.9. The van der Waals surface area contributed by atoms with Crippen LogP contribution >= 0.6 is 11.6 Å². The van der Waals surface area contributed by atoms with Crippen molar-refractivity contribution in [2.24, 2.45) is 0 Å². The van der Waals surface area contributed by atoms with Crippen LogP contribution < -0.4 is 0 Å². The summed E-state index contributed by atoms with van der Waals surface area (Å²) in [5, 5.41) is 1.21. The lowest BCUT2D eigenvalue weighted by atomic mass is 10.2. The molecular weight excluding hydrogens is 332 g/mol. The lowest BCUT2D eigenvalue weighted by Gasteiger charge is -2.12. The van der Waals surface area contributed by atoms with Gasteiger partial charge in [0.15, 0.2) is 5.65 Å². The summed E-state index contributed by atoms with van der Waals surface area (Å²) in [4.78, 5) is 4.72. The molecule has 0 spiro atoms. The summed E-state index contributed by atoms with van der Waals surface area (Å²) >= 11 is 6.33. The predicted molar refractivity (Wildman–Crippen MR) is 92.7 cm³/mol. The third-order valence-electron chi connectivity index (χ3n) is 4.11. The third kappa shape index (κ3) is 2.35. The summed E-state index contributed by atoms with van der Waals surface area (Å²) in [7, 11) is -3.74. The van der Waals surface area contributed by atoms with Gasteiger partial charge in [-0.1, -0.05) is 29.8 Å². The van der Waals surface area contributed by atoms with Gasteiger partial charge in [-0.15, -0.1) is 0 Å². The van der Waals surface area contributed by atoms with Crippen LogP contribution in [0.25, 0.3) is 11.0 Å². The Bertz CT molecular complexity index is 1040. The van der Waals surface area contributed by atoms with Crippen LogP contribution in [-0.2, 0) is 10.0 Å². The Morgan fingerprint density at radius 2 is 1.74 bits per heavy atom. The minimum Gasteiger partial charge on any atom is -0.234 e. The number of aromatic nitrogens is 2. The highest BCUT2D eigenvalue weighted by molar-refractivity contribution is 7.90. The molecular formula is C17H17ClN2O2S. The average Bonchev–Trinajstić information content (AvgIpc) is 2.71. The molecule has 0 fully saturated rings. The van der Waals surface area contributed by atoms with E-state index in [2.05, 4.69) is 4.98 Å². The van der Waals surface area contributed by atoms with Gasteiger partial charge in [-0.25, -0.2) is 17.4 Å². The summed E-state index contributed by atoms with van der Waals surface area (Å²) in [6.07, 6.45) is 0. The van der Waals surface area contributed by atoms with Crippen LogP contribution in [0.2, 0.25) is 5.02 Å². The smallest absolute Gasteiger partial charge is 0.234 e. The maximum atomic E-state index is 13.2. The first kappa shape index (κ1) is 16.0. The van der Waals surface area contributed by atoms with Gasteiger partial charge in [0, 0.05) is 16.8 Å². The highest BCUT2D eigenvalue weighted by atomic mass is 35.5. The Kier molecular flexibility index (Phi) is 3.73. The van der Waals surface area contributed by atoms with Crippen molar-refractivity contribution in [2.75, 3.05) is 0 Å². The molecule has 3 rings (SSSR count). The Morgan fingerprint density at radius 3 is 2.39 bits per heavy atom. The first-order valence-electron chi connectivity index (χ1n) is 7.21. The molecule has 0 aliphatic rings. The molecule has 0 unspecified atom stereocenters. The molecule has 0 aliphatic heterocycles. The fourth-order valence-corrected chi connectivity index (χ4v) is 5.01. The zero-order valence-electron chi connectivity index (χ0n) is 13.4. The molecule has 2 heterocycles. The van der Waals surface area contributed by atoms with E-state index in [0.717, 1.165) is 5.56 Å². The molecule has 120 valence electrons. The Hall–Kier alpha value is -1.85. The van der Waals surface area contributed by atoms with E-state index < -0.39 is 10.0 Å². The molecule has 23 heavy (non-hydrogen) atoms. The number of fused-ring (bicyclic) bond motifs is 1. The van der Waals surface area contributed by atoms with Crippen molar-refractivity contribution in [1.82, 2.24) is 8.96 Å². The van der Waals surface area contributed by atoms with Gasteiger partial charge >= 0.3 is 0 Å².